The summed E-state index contributed by atoms with van der Waals surface area (Å²) in [7, 11) is 0. The van der Waals surface area contributed by atoms with Crippen LogP contribution in [0.25, 0.3) is 5.57 Å². The Hall–Kier alpha value is -1.36. The molecule has 5 heteroatoms. The Morgan fingerprint density at radius 2 is 1.94 bits per heavy atom. The lowest BCUT2D eigenvalue weighted by molar-refractivity contribution is -0.0430. The van der Waals surface area contributed by atoms with E-state index in [-0.39, 0.29) is 5.41 Å². The molecule has 0 saturated heterocycles. The highest BCUT2D eigenvalue weighted by atomic mass is 35.5. The van der Waals surface area contributed by atoms with E-state index >= 15 is 0 Å². The van der Waals surface area contributed by atoms with Crippen molar-refractivity contribution in [3.63, 3.8) is 0 Å². The molecule has 2 aromatic rings. The minimum absolute atomic E-state index is 0.266. The average molecular weight is 497 g/mol. The lowest BCUT2D eigenvalue weighted by Crippen LogP contribution is -2.50. The lowest BCUT2D eigenvalue weighted by atomic mass is 9.47. The van der Waals surface area contributed by atoms with Crippen LogP contribution in [0.2, 0.25) is 5.02 Å². The summed E-state index contributed by atoms with van der Waals surface area (Å²) < 4.78 is 0. The summed E-state index contributed by atoms with van der Waals surface area (Å²) in [6.07, 6.45) is 11.4. The van der Waals surface area contributed by atoms with E-state index in [0.29, 0.717) is 23.9 Å². The van der Waals surface area contributed by atoms with Crippen molar-refractivity contribution in [2.24, 2.45) is 40.4 Å². The molecule has 1 aromatic carbocycles. The van der Waals surface area contributed by atoms with E-state index in [1.165, 1.54) is 49.1 Å². The number of aryl methyl sites for hydroxylation is 1. The zero-order chi connectivity index (χ0) is 23.7. The van der Waals surface area contributed by atoms with E-state index in [2.05, 4.69) is 32.2 Å². The van der Waals surface area contributed by atoms with E-state index in [4.69, 9.17) is 16.6 Å². The molecule has 1 heterocycles. The van der Waals surface area contributed by atoms with Crippen molar-refractivity contribution in [1.29, 1.82) is 0 Å². The maximum atomic E-state index is 9.90. The Morgan fingerprint density at radius 1 is 1.15 bits per heavy atom. The molecule has 0 spiro atoms. The number of thiazole rings is 1. The molecule has 2 saturated carbocycles. The van der Waals surface area contributed by atoms with Gasteiger partial charge in [-0.25, -0.2) is 4.98 Å². The van der Waals surface area contributed by atoms with E-state index in [0.717, 1.165) is 40.0 Å². The van der Waals surface area contributed by atoms with Gasteiger partial charge in [0.15, 0.2) is 5.13 Å². The first-order valence-corrected chi connectivity index (χ1v) is 14.4. The molecule has 6 rings (SSSR count). The second-order valence-corrected chi connectivity index (χ2v) is 13.4. The number of fused-ring (bicyclic) bond motifs is 7. The molecule has 0 bridgehead atoms. The molecule has 3 nitrogen and oxygen atoms in total. The minimum atomic E-state index is 0.266. The fourth-order valence-corrected chi connectivity index (χ4v) is 10.0. The first-order valence-electron chi connectivity index (χ1n) is 13.2. The van der Waals surface area contributed by atoms with Crippen LogP contribution in [-0.4, -0.2) is 16.7 Å². The molecule has 4 aliphatic rings. The maximum Gasteiger partial charge on any atom is 0.187 e. The third-order valence-electron chi connectivity index (χ3n) is 10.4. The van der Waals surface area contributed by atoms with Gasteiger partial charge in [-0.3, -0.25) is 0 Å². The van der Waals surface area contributed by atoms with E-state index in [9.17, 15) is 5.11 Å². The molecule has 0 radical (unpaired) electrons. The van der Waals surface area contributed by atoms with E-state index in [1.807, 2.05) is 35.6 Å². The SMILES string of the molecule is C[C@H](CO)[C@H]1CC[C@H]2[C@@H]3CC=C4c5sc(Nc6ccc(Cl)cc6)nc5CC[C@]4(C)[C@H]3CC[C@]12C. The summed E-state index contributed by atoms with van der Waals surface area (Å²) in [4.78, 5) is 6.43. The zero-order valence-corrected chi connectivity index (χ0v) is 22.2. The van der Waals surface area contributed by atoms with Gasteiger partial charge in [0.25, 0.3) is 0 Å². The molecule has 2 fully saturated rings. The van der Waals surface area contributed by atoms with Gasteiger partial charge < -0.3 is 10.4 Å². The van der Waals surface area contributed by atoms with E-state index < -0.39 is 0 Å². The summed E-state index contributed by atoms with van der Waals surface area (Å²) >= 11 is 7.89. The van der Waals surface area contributed by atoms with Gasteiger partial charge in [0.2, 0.25) is 0 Å². The highest BCUT2D eigenvalue weighted by Crippen LogP contribution is 2.68. The van der Waals surface area contributed by atoms with Gasteiger partial charge in [0.1, 0.15) is 0 Å². The van der Waals surface area contributed by atoms with Gasteiger partial charge >= 0.3 is 0 Å². The van der Waals surface area contributed by atoms with Crippen molar-refractivity contribution >= 4 is 39.3 Å². The molecule has 7 atom stereocenters. The van der Waals surface area contributed by atoms with Crippen LogP contribution in [0.3, 0.4) is 0 Å². The van der Waals surface area contributed by atoms with Gasteiger partial charge in [-0.15, -0.1) is 0 Å². The molecule has 0 amide bonds. The van der Waals surface area contributed by atoms with Crippen molar-refractivity contribution in [3.05, 3.63) is 45.9 Å². The van der Waals surface area contributed by atoms with Crippen LogP contribution in [-0.2, 0) is 6.42 Å². The molecule has 2 N–H and O–H groups in total. The first kappa shape index (κ1) is 23.1. The van der Waals surface area contributed by atoms with Crippen LogP contribution in [0, 0.1) is 40.4 Å². The number of aromatic nitrogens is 1. The van der Waals surface area contributed by atoms with Crippen LogP contribution in [0.5, 0.6) is 0 Å². The molecular weight excluding hydrogens is 460 g/mol. The Bertz CT molecular complexity index is 1110. The highest BCUT2D eigenvalue weighted by Gasteiger charge is 2.59. The molecule has 1 aromatic heterocycles. The number of aliphatic hydroxyl groups excluding tert-OH is 1. The standard InChI is InChI=1S/C29H37ClN2OS/c1-17(16-33)21-10-11-22-20-8-9-24-26-25(13-15-29(24,3)23(20)12-14-28(21,22)2)32-27(34-26)31-19-6-4-18(30)5-7-19/h4-7,9,17,20-23,33H,8,10-16H2,1-3H3,(H,31,32)/t17-,20+,21-,22+,23+,28-,29-/m1/s1. The Kier molecular flexibility index (Phi) is 5.66. The highest BCUT2D eigenvalue weighted by molar-refractivity contribution is 7.16. The van der Waals surface area contributed by atoms with Crippen LogP contribution in [0.1, 0.15) is 69.9 Å². The van der Waals surface area contributed by atoms with Crippen LogP contribution in [0.15, 0.2) is 30.3 Å². The molecule has 0 unspecified atom stereocenters. The van der Waals surface area contributed by atoms with Gasteiger partial charge in [-0.05, 0) is 115 Å². The van der Waals surface area contributed by atoms with Crippen LogP contribution in [0.4, 0.5) is 10.8 Å². The van der Waals surface area contributed by atoms with Crippen LogP contribution < -0.4 is 5.32 Å². The average Bonchev–Trinajstić information content (AvgIpc) is 3.40. The fraction of sp³-hybridized carbons (Fsp3) is 0.621. The second kappa shape index (κ2) is 8.35. The van der Waals surface area contributed by atoms with Gasteiger partial charge in [0, 0.05) is 17.3 Å². The monoisotopic (exact) mass is 496 g/mol. The molecule has 182 valence electrons. The zero-order valence-electron chi connectivity index (χ0n) is 20.6. The van der Waals surface area contributed by atoms with Crippen molar-refractivity contribution < 1.29 is 5.11 Å². The lowest BCUT2D eigenvalue weighted by Gasteiger charge is -2.57. The third-order valence-corrected chi connectivity index (χ3v) is 11.7. The van der Waals surface area contributed by atoms with Crippen molar-refractivity contribution in [3.8, 4) is 0 Å². The number of rotatable bonds is 4. The number of nitrogens with one attached hydrogen (secondary N) is 1. The molecule has 0 aliphatic heterocycles. The molecule has 4 aliphatic carbocycles. The fourth-order valence-electron chi connectivity index (χ4n) is 8.69. The number of aliphatic hydroxyl groups is 1. The Balaban J connectivity index is 1.29. The largest absolute Gasteiger partial charge is 0.396 e. The van der Waals surface area contributed by atoms with Gasteiger partial charge in [0.05, 0.1) is 10.6 Å². The number of anilines is 2. The summed E-state index contributed by atoms with van der Waals surface area (Å²) in [5.41, 5.74) is 4.57. The number of benzene rings is 1. The molecule has 34 heavy (non-hydrogen) atoms. The predicted molar refractivity (Wildman–Crippen MR) is 143 cm³/mol. The minimum Gasteiger partial charge on any atom is -0.396 e. The Morgan fingerprint density at radius 3 is 2.71 bits per heavy atom. The smallest absolute Gasteiger partial charge is 0.187 e. The topological polar surface area (TPSA) is 45.1 Å². The summed E-state index contributed by atoms with van der Waals surface area (Å²) in [6.45, 7) is 7.74. The quantitative estimate of drug-likeness (QED) is 0.451. The van der Waals surface area contributed by atoms with E-state index in [1.54, 1.807) is 5.57 Å². The number of allylic oxidation sites excluding steroid dienone is 2. The van der Waals surface area contributed by atoms with Crippen LogP contribution >= 0.6 is 22.9 Å². The van der Waals surface area contributed by atoms with Crippen molar-refractivity contribution in [2.45, 2.75) is 65.7 Å². The number of hydrogen-bond donors (Lipinski definition) is 2. The molecular formula is C29H37ClN2OS. The number of nitrogens with zero attached hydrogens (tertiary/aromatic N) is 1. The normalized spacial score (nSPS) is 37.1. The summed E-state index contributed by atoms with van der Waals surface area (Å²) in [5.74, 6) is 3.49. The second-order valence-electron chi connectivity index (χ2n) is 12.0. The predicted octanol–water partition coefficient (Wildman–Crippen LogP) is 7.97. The van der Waals surface area contributed by atoms with Gasteiger partial charge in [-0.2, -0.15) is 0 Å². The first-order chi connectivity index (χ1) is 16.3. The number of halogens is 1. The number of hydrogen-bond acceptors (Lipinski definition) is 4. The van der Waals surface area contributed by atoms with Crippen molar-refractivity contribution in [2.75, 3.05) is 11.9 Å². The summed E-state index contributed by atoms with van der Waals surface area (Å²) in [6, 6.07) is 7.87. The maximum absolute atomic E-state index is 9.90. The summed E-state index contributed by atoms with van der Waals surface area (Å²) in [5, 5.41) is 15.2. The Labute approximate surface area is 213 Å². The van der Waals surface area contributed by atoms with Gasteiger partial charge in [-0.1, -0.05) is 49.8 Å². The van der Waals surface area contributed by atoms with Crippen molar-refractivity contribution in [1.82, 2.24) is 4.98 Å². The third kappa shape index (κ3) is 3.43.